The van der Waals surface area contributed by atoms with Gasteiger partial charge in [0.15, 0.2) is 0 Å². The van der Waals surface area contributed by atoms with Crippen molar-refractivity contribution in [3.63, 3.8) is 0 Å². The van der Waals surface area contributed by atoms with Crippen LogP contribution in [0.4, 0.5) is 9.59 Å². The van der Waals surface area contributed by atoms with Crippen LogP contribution in [0.1, 0.15) is 34.1 Å². The number of urea groups is 1. The third-order valence-corrected chi connectivity index (χ3v) is 3.90. The van der Waals surface area contributed by atoms with Crippen LogP contribution in [-0.4, -0.2) is 71.7 Å². The average molecular weight is 297 g/mol. The van der Waals surface area contributed by atoms with E-state index in [1.165, 1.54) is 0 Å². The standard InChI is InChI=1S/C15H27N3O3/c1-12-5-6-18(11-12)13(19)16-7-9-17(10-8-16)14(20)21-15(2,3)4/h12H,5-11H2,1-4H3. The molecule has 6 nitrogen and oxygen atoms in total. The Kier molecular flexibility index (Phi) is 4.64. The van der Waals surface area contributed by atoms with Crippen molar-refractivity contribution in [2.24, 2.45) is 5.92 Å². The van der Waals surface area contributed by atoms with Gasteiger partial charge in [0, 0.05) is 39.3 Å². The average Bonchev–Trinajstić information content (AvgIpc) is 2.83. The van der Waals surface area contributed by atoms with Gasteiger partial charge in [-0.2, -0.15) is 0 Å². The molecular formula is C15H27N3O3. The Bertz CT molecular complexity index is 397. The van der Waals surface area contributed by atoms with Gasteiger partial charge in [-0.3, -0.25) is 0 Å². The Hall–Kier alpha value is -1.46. The van der Waals surface area contributed by atoms with Crippen molar-refractivity contribution < 1.29 is 14.3 Å². The number of rotatable bonds is 0. The van der Waals surface area contributed by atoms with Crippen LogP contribution in [0, 0.1) is 5.92 Å². The van der Waals surface area contributed by atoms with E-state index in [2.05, 4.69) is 6.92 Å². The summed E-state index contributed by atoms with van der Waals surface area (Å²) in [5.74, 6) is 0.594. The van der Waals surface area contributed by atoms with E-state index < -0.39 is 5.60 Å². The van der Waals surface area contributed by atoms with E-state index in [9.17, 15) is 9.59 Å². The number of amides is 3. The van der Waals surface area contributed by atoms with E-state index >= 15 is 0 Å². The largest absolute Gasteiger partial charge is 0.444 e. The molecule has 0 radical (unpaired) electrons. The molecule has 2 fully saturated rings. The summed E-state index contributed by atoms with van der Waals surface area (Å²) in [5.41, 5.74) is -0.476. The lowest BCUT2D eigenvalue weighted by Gasteiger charge is -2.37. The van der Waals surface area contributed by atoms with Crippen molar-refractivity contribution in [3.8, 4) is 0 Å². The first kappa shape index (κ1) is 15.9. The molecule has 2 aliphatic rings. The molecule has 2 aliphatic heterocycles. The molecule has 2 saturated heterocycles. The zero-order chi connectivity index (χ0) is 15.6. The highest BCUT2D eigenvalue weighted by molar-refractivity contribution is 5.75. The number of carbonyl (C=O) groups excluding carboxylic acids is 2. The Morgan fingerprint density at radius 3 is 2.00 bits per heavy atom. The molecule has 0 saturated carbocycles. The second-order valence-electron chi connectivity index (χ2n) is 7.08. The maximum absolute atomic E-state index is 12.4. The highest BCUT2D eigenvalue weighted by atomic mass is 16.6. The van der Waals surface area contributed by atoms with Gasteiger partial charge >= 0.3 is 12.1 Å². The second kappa shape index (κ2) is 6.12. The molecule has 0 N–H and O–H groups in total. The van der Waals surface area contributed by atoms with Crippen LogP contribution in [-0.2, 0) is 4.74 Å². The zero-order valence-electron chi connectivity index (χ0n) is 13.6. The van der Waals surface area contributed by atoms with Crippen molar-refractivity contribution in [2.75, 3.05) is 39.3 Å². The Morgan fingerprint density at radius 2 is 1.52 bits per heavy atom. The zero-order valence-corrected chi connectivity index (χ0v) is 13.6. The molecule has 0 bridgehead atoms. The maximum Gasteiger partial charge on any atom is 0.410 e. The van der Waals surface area contributed by atoms with Crippen molar-refractivity contribution in [1.82, 2.24) is 14.7 Å². The minimum atomic E-state index is -0.476. The highest BCUT2D eigenvalue weighted by Gasteiger charge is 2.31. The third kappa shape index (κ3) is 4.25. The molecule has 120 valence electrons. The third-order valence-electron chi connectivity index (χ3n) is 3.90. The summed E-state index contributed by atoms with van der Waals surface area (Å²) in [4.78, 5) is 29.8. The van der Waals surface area contributed by atoms with Crippen LogP contribution < -0.4 is 0 Å². The van der Waals surface area contributed by atoms with E-state index in [1.807, 2.05) is 30.6 Å². The summed E-state index contributed by atoms with van der Waals surface area (Å²) in [5, 5.41) is 0. The number of nitrogens with zero attached hydrogens (tertiary/aromatic N) is 3. The first-order chi connectivity index (χ1) is 9.76. The first-order valence-electron chi connectivity index (χ1n) is 7.78. The maximum atomic E-state index is 12.4. The molecule has 2 rings (SSSR count). The topological polar surface area (TPSA) is 53.1 Å². The van der Waals surface area contributed by atoms with Gasteiger partial charge in [0.2, 0.25) is 0 Å². The number of hydrogen-bond donors (Lipinski definition) is 0. The lowest BCUT2D eigenvalue weighted by atomic mass is 10.2. The van der Waals surface area contributed by atoms with Gasteiger partial charge in [0.05, 0.1) is 0 Å². The van der Waals surface area contributed by atoms with E-state index in [0.717, 1.165) is 19.5 Å². The summed E-state index contributed by atoms with van der Waals surface area (Å²) in [6.45, 7) is 11.7. The van der Waals surface area contributed by atoms with Gasteiger partial charge in [0.1, 0.15) is 5.60 Å². The van der Waals surface area contributed by atoms with Crippen LogP contribution in [0.3, 0.4) is 0 Å². The predicted octanol–water partition coefficient (Wildman–Crippen LogP) is 2.00. The van der Waals surface area contributed by atoms with Crippen LogP contribution >= 0.6 is 0 Å². The fourth-order valence-electron chi connectivity index (χ4n) is 2.72. The van der Waals surface area contributed by atoms with E-state index in [4.69, 9.17) is 4.74 Å². The number of carbonyl (C=O) groups is 2. The molecule has 1 unspecified atom stereocenters. The number of piperazine rings is 1. The Morgan fingerprint density at radius 1 is 0.952 bits per heavy atom. The van der Waals surface area contributed by atoms with Gasteiger partial charge in [-0.15, -0.1) is 0 Å². The summed E-state index contributed by atoms with van der Waals surface area (Å²) < 4.78 is 5.36. The van der Waals surface area contributed by atoms with E-state index in [1.54, 1.807) is 4.90 Å². The molecule has 0 aromatic carbocycles. The summed E-state index contributed by atoms with van der Waals surface area (Å²) in [6, 6.07) is 0.114. The van der Waals surface area contributed by atoms with Crippen LogP contribution in [0.25, 0.3) is 0 Å². The summed E-state index contributed by atoms with van der Waals surface area (Å²) in [6.07, 6.45) is 0.799. The molecule has 6 heteroatoms. The number of hydrogen-bond acceptors (Lipinski definition) is 3. The summed E-state index contributed by atoms with van der Waals surface area (Å²) >= 11 is 0. The number of ether oxygens (including phenoxy) is 1. The minimum absolute atomic E-state index is 0.114. The van der Waals surface area contributed by atoms with Gasteiger partial charge in [-0.05, 0) is 33.1 Å². The lowest BCUT2D eigenvalue weighted by Crippen LogP contribution is -2.54. The molecule has 0 spiro atoms. The number of likely N-dealkylation sites (tertiary alicyclic amines) is 1. The normalized spacial score (nSPS) is 23.4. The second-order valence-corrected chi connectivity index (χ2v) is 7.08. The van der Waals surface area contributed by atoms with Crippen LogP contribution in [0.15, 0.2) is 0 Å². The van der Waals surface area contributed by atoms with Crippen molar-refractivity contribution in [2.45, 2.75) is 39.7 Å². The monoisotopic (exact) mass is 297 g/mol. The molecule has 1 atom stereocenters. The van der Waals surface area contributed by atoms with Crippen molar-refractivity contribution >= 4 is 12.1 Å². The van der Waals surface area contributed by atoms with E-state index in [-0.39, 0.29) is 12.1 Å². The SMILES string of the molecule is CC1CCN(C(=O)N2CCN(C(=O)OC(C)(C)C)CC2)C1. The molecule has 21 heavy (non-hydrogen) atoms. The van der Waals surface area contributed by atoms with Crippen LogP contribution in [0.5, 0.6) is 0 Å². The predicted molar refractivity (Wildman–Crippen MR) is 80.1 cm³/mol. The molecule has 0 aromatic heterocycles. The fourth-order valence-corrected chi connectivity index (χ4v) is 2.72. The lowest BCUT2D eigenvalue weighted by molar-refractivity contribution is 0.0159. The molecular weight excluding hydrogens is 270 g/mol. The van der Waals surface area contributed by atoms with Gasteiger partial charge in [-0.1, -0.05) is 6.92 Å². The quantitative estimate of drug-likeness (QED) is 0.687. The van der Waals surface area contributed by atoms with Gasteiger partial charge < -0.3 is 19.4 Å². The Balaban J connectivity index is 1.80. The van der Waals surface area contributed by atoms with Crippen molar-refractivity contribution in [1.29, 1.82) is 0 Å². The smallest absolute Gasteiger partial charge is 0.410 e. The van der Waals surface area contributed by atoms with Crippen molar-refractivity contribution in [3.05, 3.63) is 0 Å². The van der Waals surface area contributed by atoms with Gasteiger partial charge in [-0.25, -0.2) is 9.59 Å². The molecule has 0 aromatic rings. The molecule has 0 aliphatic carbocycles. The first-order valence-corrected chi connectivity index (χ1v) is 7.78. The van der Waals surface area contributed by atoms with E-state index in [0.29, 0.717) is 32.1 Å². The Labute approximate surface area is 127 Å². The van der Waals surface area contributed by atoms with Crippen LogP contribution in [0.2, 0.25) is 0 Å². The fraction of sp³-hybridized carbons (Fsp3) is 0.867. The molecule has 3 amide bonds. The summed E-state index contributed by atoms with van der Waals surface area (Å²) in [7, 11) is 0. The highest BCUT2D eigenvalue weighted by Crippen LogP contribution is 2.18. The van der Waals surface area contributed by atoms with Gasteiger partial charge in [0.25, 0.3) is 0 Å². The molecule has 2 heterocycles. The minimum Gasteiger partial charge on any atom is -0.444 e.